The summed E-state index contributed by atoms with van der Waals surface area (Å²) >= 11 is 12.8. The van der Waals surface area contributed by atoms with Crippen molar-refractivity contribution in [2.45, 2.75) is 64.1 Å². The number of aromatic amines is 1. The summed E-state index contributed by atoms with van der Waals surface area (Å²) in [6, 6.07) is 9.25. The van der Waals surface area contributed by atoms with E-state index in [9.17, 15) is 18.4 Å². The van der Waals surface area contributed by atoms with Gasteiger partial charge in [-0.15, -0.1) is 0 Å². The topological polar surface area (TPSA) is 99.3 Å². The molecule has 1 N–H and O–H groups in total. The molecule has 3 aliphatic rings. The van der Waals surface area contributed by atoms with E-state index in [-0.39, 0.29) is 39.1 Å². The second-order valence-electron chi connectivity index (χ2n) is 12.9. The van der Waals surface area contributed by atoms with Gasteiger partial charge in [0.15, 0.2) is 23.0 Å². The number of piperidine rings is 1. The summed E-state index contributed by atoms with van der Waals surface area (Å²) in [6.45, 7) is 1.18. The van der Waals surface area contributed by atoms with Crippen LogP contribution in [-0.4, -0.2) is 61.9 Å². The number of likely N-dealkylation sites (tertiary alicyclic amines) is 1. The molecule has 3 fully saturated rings. The number of benzene rings is 2. The van der Waals surface area contributed by atoms with E-state index in [1.165, 1.54) is 43.7 Å². The summed E-state index contributed by atoms with van der Waals surface area (Å²) in [6.07, 6.45) is 7.96. The molecule has 1 aliphatic heterocycles. The number of hydrogen-bond acceptors (Lipinski definition) is 8. The lowest BCUT2D eigenvalue weighted by Gasteiger charge is -2.26. The van der Waals surface area contributed by atoms with E-state index in [0.717, 1.165) is 45.3 Å². The maximum Gasteiger partial charge on any atom is 0.387 e. The van der Waals surface area contributed by atoms with Gasteiger partial charge < -0.3 is 28.7 Å². The molecule has 264 valence electrons. The van der Waals surface area contributed by atoms with Crippen molar-refractivity contribution in [2.75, 3.05) is 39.5 Å². The third-order valence-corrected chi connectivity index (χ3v) is 9.65. The van der Waals surface area contributed by atoms with Gasteiger partial charge in [-0.3, -0.25) is 9.69 Å². The van der Waals surface area contributed by atoms with Crippen molar-refractivity contribution in [3.63, 3.8) is 0 Å². The zero-order chi connectivity index (χ0) is 34.3. The first-order valence-corrected chi connectivity index (χ1v) is 17.6. The number of esters is 1. The molecule has 3 aromatic rings. The van der Waals surface area contributed by atoms with E-state index in [1.807, 2.05) is 0 Å². The van der Waals surface area contributed by atoms with Gasteiger partial charge >= 0.3 is 12.6 Å². The smallest absolute Gasteiger partial charge is 0.387 e. The number of H-pyrrole nitrogens is 1. The molecule has 13 heteroatoms. The summed E-state index contributed by atoms with van der Waals surface area (Å²) in [5.74, 6) is 1.03. The maximum absolute atomic E-state index is 13.8. The highest BCUT2D eigenvalue weighted by atomic mass is 35.5. The molecule has 0 bridgehead atoms. The van der Waals surface area contributed by atoms with Crippen LogP contribution in [0.5, 0.6) is 23.0 Å². The molecular formula is C36H40Cl2F2N2O7. The molecule has 6 rings (SSSR count). The lowest BCUT2D eigenvalue weighted by molar-refractivity contribution is -0.0515. The van der Waals surface area contributed by atoms with E-state index in [0.29, 0.717) is 48.7 Å². The van der Waals surface area contributed by atoms with E-state index in [4.69, 9.17) is 46.9 Å². The highest BCUT2D eigenvalue weighted by molar-refractivity contribution is 6.35. The van der Waals surface area contributed by atoms with Gasteiger partial charge in [0.2, 0.25) is 0 Å². The lowest BCUT2D eigenvalue weighted by atomic mass is 10.0. The van der Waals surface area contributed by atoms with Crippen LogP contribution in [-0.2, 0) is 11.2 Å². The second-order valence-corrected chi connectivity index (χ2v) is 13.6. The SMILES string of the molecule is O=C(OC(Cc1c(Cl)c[nH]c(=O)c1Cl)c1ccc(OC(F)F)c(OCC2CC2)c1)c1ccc(OCCN2CCCCC2)c(OCC2CC2)c1. The van der Waals surface area contributed by atoms with Crippen LogP contribution in [0.15, 0.2) is 47.4 Å². The molecule has 2 aliphatic carbocycles. The van der Waals surface area contributed by atoms with Gasteiger partial charge in [0.25, 0.3) is 5.56 Å². The van der Waals surface area contributed by atoms with Crippen LogP contribution in [0.2, 0.25) is 10.0 Å². The van der Waals surface area contributed by atoms with Crippen LogP contribution >= 0.6 is 23.2 Å². The zero-order valence-corrected chi connectivity index (χ0v) is 28.6. The van der Waals surface area contributed by atoms with Gasteiger partial charge in [-0.05, 0) is 99.3 Å². The van der Waals surface area contributed by atoms with E-state index < -0.39 is 24.2 Å². The summed E-state index contributed by atoms with van der Waals surface area (Å²) in [5.41, 5.74) is 0.305. The molecule has 2 saturated carbocycles. The fourth-order valence-electron chi connectivity index (χ4n) is 5.67. The molecule has 1 saturated heterocycles. The number of ether oxygens (including phenoxy) is 5. The first kappa shape index (κ1) is 35.3. The predicted molar refractivity (Wildman–Crippen MR) is 181 cm³/mol. The number of carbonyl (C=O) groups excluding carboxylic acids is 1. The molecule has 1 atom stereocenters. The van der Waals surface area contributed by atoms with Crippen molar-refractivity contribution < 1.29 is 37.3 Å². The van der Waals surface area contributed by atoms with Crippen LogP contribution in [0.25, 0.3) is 0 Å². The fourth-order valence-corrected chi connectivity index (χ4v) is 6.18. The molecule has 1 aromatic heterocycles. The Balaban J connectivity index is 1.25. The molecule has 49 heavy (non-hydrogen) atoms. The molecule has 0 amide bonds. The van der Waals surface area contributed by atoms with Gasteiger partial charge in [0, 0.05) is 24.7 Å². The largest absolute Gasteiger partial charge is 0.489 e. The Kier molecular flexibility index (Phi) is 11.8. The predicted octanol–water partition coefficient (Wildman–Crippen LogP) is 7.87. The quantitative estimate of drug-likeness (QED) is 0.141. The number of nitrogens with one attached hydrogen (secondary N) is 1. The van der Waals surface area contributed by atoms with Crippen molar-refractivity contribution in [2.24, 2.45) is 11.8 Å². The van der Waals surface area contributed by atoms with Gasteiger partial charge in [0.05, 0.1) is 23.8 Å². The minimum Gasteiger partial charge on any atom is -0.489 e. The summed E-state index contributed by atoms with van der Waals surface area (Å²) in [5, 5.41) is 0.00792. The van der Waals surface area contributed by atoms with Crippen molar-refractivity contribution in [3.8, 4) is 23.0 Å². The summed E-state index contributed by atoms with van der Waals surface area (Å²) in [7, 11) is 0. The average Bonchev–Trinajstić information content (AvgIpc) is 4.03. The molecule has 9 nitrogen and oxygen atoms in total. The second kappa shape index (κ2) is 16.4. The van der Waals surface area contributed by atoms with Crippen molar-refractivity contribution in [1.29, 1.82) is 0 Å². The van der Waals surface area contributed by atoms with Crippen LogP contribution < -0.4 is 24.5 Å². The van der Waals surface area contributed by atoms with Crippen molar-refractivity contribution in [3.05, 3.63) is 79.7 Å². The molecule has 0 radical (unpaired) electrons. The number of rotatable bonds is 17. The molecule has 2 heterocycles. The number of hydrogen-bond donors (Lipinski definition) is 1. The Hall–Kier alpha value is -3.54. The van der Waals surface area contributed by atoms with Gasteiger partial charge in [0.1, 0.15) is 17.7 Å². The number of carbonyl (C=O) groups is 1. The van der Waals surface area contributed by atoms with Crippen LogP contribution in [0, 0.1) is 11.8 Å². The Morgan fingerprint density at radius 1 is 0.878 bits per heavy atom. The Morgan fingerprint density at radius 2 is 1.55 bits per heavy atom. The van der Waals surface area contributed by atoms with E-state index in [1.54, 1.807) is 18.2 Å². The first-order chi connectivity index (χ1) is 23.7. The summed E-state index contributed by atoms with van der Waals surface area (Å²) in [4.78, 5) is 31.0. The van der Waals surface area contributed by atoms with Gasteiger partial charge in [-0.2, -0.15) is 8.78 Å². The summed E-state index contributed by atoms with van der Waals surface area (Å²) < 4.78 is 55.4. The monoisotopic (exact) mass is 720 g/mol. The van der Waals surface area contributed by atoms with E-state index in [2.05, 4.69) is 9.88 Å². The highest BCUT2D eigenvalue weighted by Crippen LogP contribution is 2.39. The van der Waals surface area contributed by atoms with Crippen LogP contribution in [0.1, 0.15) is 72.5 Å². The lowest BCUT2D eigenvalue weighted by Crippen LogP contribution is -2.33. The molecule has 1 unspecified atom stereocenters. The molecule has 2 aromatic carbocycles. The van der Waals surface area contributed by atoms with Crippen LogP contribution in [0.3, 0.4) is 0 Å². The number of aromatic nitrogens is 1. The Morgan fingerprint density at radius 3 is 2.22 bits per heavy atom. The standard InChI is InChI=1S/C36H40Cl2F2N2O7/c37-27-19-41-34(43)33(38)26(27)18-30(24-8-11-29(49-36(39)40)32(16-24)47-21-23-6-7-23)48-35(44)25-9-10-28(31(17-25)46-20-22-4-5-22)45-15-14-42-12-2-1-3-13-42/h8-11,16-17,19,22-23,30,36H,1-7,12-15,18,20-21H2,(H,41,43). The first-order valence-electron chi connectivity index (χ1n) is 16.8. The number of halogens is 4. The van der Waals surface area contributed by atoms with Gasteiger partial charge in [-0.25, -0.2) is 4.79 Å². The number of alkyl halides is 2. The third-order valence-electron chi connectivity index (χ3n) is 8.91. The fraction of sp³-hybridized carbons (Fsp3) is 0.500. The average molecular weight is 722 g/mol. The maximum atomic E-state index is 13.8. The highest BCUT2D eigenvalue weighted by Gasteiger charge is 2.28. The number of pyridine rings is 1. The minimum absolute atomic E-state index is 0.0793. The van der Waals surface area contributed by atoms with Gasteiger partial charge in [-0.1, -0.05) is 35.7 Å². The Bertz CT molecular complexity index is 1660. The number of nitrogens with zero attached hydrogens (tertiary/aromatic N) is 1. The molecular weight excluding hydrogens is 681 g/mol. The minimum atomic E-state index is -3.07. The van der Waals surface area contributed by atoms with Crippen molar-refractivity contribution >= 4 is 29.2 Å². The zero-order valence-electron chi connectivity index (χ0n) is 27.1. The normalized spacial score (nSPS) is 17.1. The third kappa shape index (κ3) is 10.0. The molecule has 0 spiro atoms. The van der Waals surface area contributed by atoms with Crippen LogP contribution in [0.4, 0.5) is 8.78 Å². The van der Waals surface area contributed by atoms with Crippen molar-refractivity contribution in [1.82, 2.24) is 9.88 Å². The Labute approximate surface area is 293 Å². The van der Waals surface area contributed by atoms with E-state index >= 15 is 0 Å².